The lowest BCUT2D eigenvalue weighted by atomic mass is 9.54. The van der Waals surface area contributed by atoms with Crippen molar-refractivity contribution in [2.45, 2.75) is 39.5 Å². The van der Waals surface area contributed by atoms with Crippen molar-refractivity contribution in [3.8, 4) is 18.2 Å². The molecular formula is C23H23BrN4. The van der Waals surface area contributed by atoms with Crippen molar-refractivity contribution >= 4 is 15.9 Å². The molecule has 1 aromatic carbocycles. The highest BCUT2D eigenvalue weighted by atomic mass is 79.9. The summed E-state index contributed by atoms with van der Waals surface area (Å²) < 4.78 is 0.886. The second-order valence-corrected chi connectivity index (χ2v) is 9.68. The molecule has 5 heteroatoms. The number of allylic oxidation sites excluding steroid dienone is 4. The van der Waals surface area contributed by atoms with Gasteiger partial charge in [-0.15, -0.1) is 0 Å². The molecule has 2 N–H and O–H groups in total. The monoisotopic (exact) mass is 434 g/mol. The fraction of sp³-hybridized carbons (Fsp3) is 0.435. The van der Waals surface area contributed by atoms with Crippen LogP contribution in [0.2, 0.25) is 0 Å². The minimum Gasteiger partial charge on any atom is -0.399 e. The van der Waals surface area contributed by atoms with Crippen LogP contribution in [0.15, 0.2) is 51.7 Å². The minimum atomic E-state index is -1.56. The van der Waals surface area contributed by atoms with E-state index < -0.39 is 11.3 Å². The van der Waals surface area contributed by atoms with Gasteiger partial charge in [-0.25, -0.2) is 0 Å². The SMILES string of the molecule is CC(C)(C)[C@H]1CC=C2C(C#N)=C(N)C(C#N)(C#N)[C@H](c3cccc(Br)c3)[C@H]2C1. The highest BCUT2D eigenvalue weighted by Crippen LogP contribution is 2.58. The third kappa shape index (κ3) is 3.03. The van der Waals surface area contributed by atoms with Gasteiger partial charge in [-0.05, 0) is 53.4 Å². The Morgan fingerprint density at radius 3 is 2.39 bits per heavy atom. The Balaban J connectivity index is 2.31. The smallest absolute Gasteiger partial charge is 0.191 e. The second-order valence-electron chi connectivity index (χ2n) is 8.77. The first-order valence-corrected chi connectivity index (χ1v) is 10.2. The molecule has 0 heterocycles. The van der Waals surface area contributed by atoms with Gasteiger partial charge in [-0.2, -0.15) is 15.8 Å². The normalized spacial score (nSPS) is 26.3. The van der Waals surface area contributed by atoms with E-state index in [0.29, 0.717) is 11.5 Å². The lowest BCUT2D eigenvalue weighted by Crippen LogP contribution is -2.44. The van der Waals surface area contributed by atoms with Crippen LogP contribution in [0.4, 0.5) is 0 Å². The molecular weight excluding hydrogens is 412 g/mol. The average Bonchev–Trinajstić information content (AvgIpc) is 2.66. The quantitative estimate of drug-likeness (QED) is 0.646. The van der Waals surface area contributed by atoms with Gasteiger partial charge < -0.3 is 5.73 Å². The third-order valence-corrected chi connectivity index (χ3v) is 6.80. The summed E-state index contributed by atoms with van der Waals surface area (Å²) in [7, 11) is 0. The minimum absolute atomic E-state index is 0.0849. The van der Waals surface area contributed by atoms with E-state index in [2.05, 4.69) is 61.0 Å². The van der Waals surface area contributed by atoms with E-state index in [1.54, 1.807) is 0 Å². The predicted octanol–water partition coefficient (Wildman–Crippen LogP) is 5.31. The van der Waals surface area contributed by atoms with Crippen LogP contribution in [0.3, 0.4) is 0 Å². The van der Waals surface area contributed by atoms with E-state index in [-0.39, 0.29) is 17.0 Å². The van der Waals surface area contributed by atoms with Crippen molar-refractivity contribution < 1.29 is 0 Å². The summed E-state index contributed by atoms with van der Waals surface area (Å²) >= 11 is 3.51. The number of fused-ring (bicyclic) bond motifs is 1. The summed E-state index contributed by atoms with van der Waals surface area (Å²) in [5.74, 6) is -0.132. The molecule has 0 saturated carbocycles. The lowest BCUT2D eigenvalue weighted by molar-refractivity contribution is 0.170. The molecule has 0 aromatic heterocycles. The molecule has 0 bridgehead atoms. The molecule has 2 aliphatic carbocycles. The van der Waals surface area contributed by atoms with Crippen molar-refractivity contribution in [3.63, 3.8) is 0 Å². The molecule has 0 spiro atoms. The molecule has 1 aromatic rings. The molecule has 28 heavy (non-hydrogen) atoms. The van der Waals surface area contributed by atoms with Gasteiger partial charge in [0, 0.05) is 10.4 Å². The molecule has 3 rings (SSSR count). The number of nitrogens with zero attached hydrogens (tertiary/aromatic N) is 3. The van der Waals surface area contributed by atoms with Gasteiger partial charge in [0.1, 0.15) is 6.07 Å². The van der Waals surface area contributed by atoms with E-state index in [0.717, 1.165) is 28.5 Å². The zero-order valence-electron chi connectivity index (χ0n) is 16.3. The lowest BCUT2D eigenvalue weighted by Gasteiger charge is -2.47. The molecule has 0 unspecified atom stereocenters. The third-order valence-electron chi connectivity index (χ3n) is 6.31. The van der Waals surface area contributed by atoms with Crippen LogP contribution < -0.4 is 5.73 Å². The Morgan fingerprint density at radius 2 is 1.86 bits per heavy atom. The number of halogens is 1. The molecule has 0 aliphatic heterocycles. The topological polar surface area (TPSA) is 97.4 Å². The first-order chi connectivity index (χ1) is 13.2. The van der Waals surface area contributed by atoms with Crippen LogP contribution in [0.1, 0.15) is 45.1 Å². The van der Waals surface area contributed by atoms with Gasteiger partial charge >= 0.3 is 0 Å². The van der Waals surface area contributed by atoms with E-state index >= 15 is 0 Å². The van der Waals surface area contributed by atoms with Crippen molar-refractivity contribution in [2.75, 3.05) is 0 Å². The molecule has 0 radical (unpaired) electrons. The zero-order chi connectivity index (χ0) is 20.7. The number of nitrogens with two attached hydrogens (primary N) is 1. The van der Waals surface area contributed by atoms with E-state index in [1.807, 2.05) is 24.3 Å². The number of hydrogen-bond acceptors (Lipinski definition) is 4. The largest absolute Gasteiger partial charge is 0.399 e. The number of benzene rings is 1. The maximum absolute atomic E-state index is 10.1. The highest BCUT2D eigenvalue weighted by Gasteiger charge is 2.55. The Bertz CT molecular complexity index is 977. The molecule has 2 aliphatic rings. The van der Waals surface area contributed by atoms with Crippen molar-refractivity contribution in [2.24, 2.45) is 28.4 Å². The summed E-state index contributed by atoms with van der Waals surface area (Å²) in [6.45, 7) is 6.64. The van der Waals surface area contributed by atoms with Crippen molar-refractivity contribution in [1.82, 2.24) is 0 Å². The van der Waals surface area contributed by atoms with Gasteiger partial charge in [-0.1, -0.05) is 54.9 Å². The summed E-state index contributed by atoms with van der Waals surface area (Å²) in [6.07, 6.45) is 3.79. The van der Waals surface area contributed by atoms with Crippen LogP contribution in [0.25, 0.3) is 0 Å². The average molecular weight is 435 g/mol. The van der Waals surface area contributed by atoms with Gasteiger partial charge in [0.2, 0.25) is 0 Å². The van der Waals surface area contributed by atoms with Gasteiger partial charge in [0.25, 0.3) is 0 Å². The number of rotatable bonds is 1. The second kappa shape index (κ2) is 7.12. The van der Waals surface area contributed by atoms with Crippen LogP contribution in [0.5, 0.6) is 0 Å². The number of hydrogen-bond donors (Lipinski definition) is 1. The Kier molecular flexibility index (Phi) is 5.14. The summed E-state index contributed by atoms with van der Waals surface area (Å²) in [6, 6.07) is 14.3. The molecule has 4 nitrogen and oxygen atoms in total. The summed E-state index contributed by atoms with van der Waals surface area (Å²) in [4.78, 5) is 0. The molecule has 3 atom stereocenters. The number of nitriles is 3. The first kappa shape index (κ1) is 20.2. The van der Waals surface area contributed by atoms with Crippen LogP contribution in [0, 0.1) is 56.7 Å². The fourth-order valence-electron chi connectivity index (χ4n) is 4.67. The highest BCUT2D eigenvalue weighted by molar-refractivity contribution is 9.10. The van der Waals surface area contributed by atoms with E-state index in [1.165, 1.54) is 0 Å². The van der Waals surface area contributed by atoms with Crippen molar-refractivity contribution in [1.29, 1.82) is 15.8 Å². The molecule has 142 valence electrons. The van der Waals surface area contributed by atoms with Crippen LogP contribution >= 0.6 is 15.9 Å². The van der Waals surface area contributed by atoms with Gasteiger partial charge in [0.15, 0.2) is 5.41 Å². The van der Waals surface area contributed by atoms with Gasteiger partial charge in [0.05, 0.1) is 23.4 Å². The standard InChI is InChI=1S/C23H23BrN4/c1-22(2,3)15-7-8-17-18(10-15)20(14-5-4-6-16(24)9-14)23(12-26,13-27)21(28)19(17)11-25/h4-6,8-9,15,18,20H,7,10,28H2,1-3H3/t15-,18-,20+/m0/s1. The van der Waals surface area contributed by atoms with E-state index in [9.17, 15) is 15.8 Å². The van der Waals surface area contributed by atoms with Crippen molar-refractivity contribution in [3.05, 3.63) is 57.2 Å². The maximum Gasteiger partial charge on any atom is 0.191 e. The zero-order valence-corrected chi connectivity index (χ0v) is 17.9. The van der Waals surface area contributed by atoms with E-state index in [4.69, 9.17) is 5.73 Å². The summed E-state index contributed by atoms with van der Waals surface area (Å²) in [5.41, 5.74) is 7.05. The Hall–Kier alpha value is -2.55. The fourth-order valence-corrected chi connectivity index (χ4v) is 5.09. The predicted molar refractivity (Wildman–Crippen MR) is 111 cm³/mol. The molecule has 0 fully saturated rings. The first-order valence-electron chi connectivity index (χ1n) is 9.38. The molecule has 0 amide bonds. The Morgan fingerprint density at radius 1 is 1.18 bits per heavy atom. The Labute approximate surface area is 175 Å². The summed E-state index contributed by atoms with van der Waals surface area (Å²) in [5, 5.41) is 30.0. The maximum atomic E-state index is 10.1. The molecule has 0 saturated heterocycles. The van der Waals surface area contributed by atoms with Crippen LogP contribution in [-0.2, 0) is 0 Å². The van der Waals surface area contributed by atoms with Gasteiger partial charge in [-0.3, -0.25) is 0 Å². The van der Waals surface area contributed by atoms with Crippen LogP contribution in [-0.4, -0.2) is 0 Å².